The number of rotatable bonds is 3. The Morgan fingerprint density at radius 3 is 2.69 bits per heavy atom. The van der Waals surface area contributed by atoms with E-state index in [2.05, 4.69) is 0 Å². The Bertz CT molecular complexity index is 248. The van der Waals surface area contributed by atoms with Crippen molar-refractivity contribution in [3.05, 3.63) is 0 Å². The number of carbonyl (C=O) groups excluding carboxylic acids is 1. The van der Waals surface area contributed by atoms with Gasteiger partial charge >= 0.3 is 0 Å². The molecule has 2 unspecified atom stereocenters. The Balaban J connectivity index is 2.51. The van der Waals surface area contributed by atoms with Crippen molar-refractivity contribution >= 4 is 5.91 Å². The quantitative estimate of drug-likeness (QED) is 0.779. The number of ether oxygens (including phenoxy) is 1. The van der Waals surface area contributed by atoms with Crippen molar-refractivity contribution in [3.8, 4) is 0 Å². The summed E-state index contributed by atoms with van der Waals surface area (Å²) in [5.41, 5.74) is 5.80. The molecule has 1 aliphatic heterocycles. The van der Waals surface area contributed by atoms with Crippen LogP contribution in [0.4, 0.5) is 0 Å². The van der Waals surface area contributed by atoms with E-state index in [1.807, 2.05) is 25.7 Å². The highest BCUT2D eigenvalue weighted by atomic mass is 16.5. The van der Waals surface area contributed by atoms with Crippen LogP contribution < -0.4 is 5.73 Å². The highest BCUT2D eigenvalue weighted by Crippen LogP contribution is 2.23. The molecule has 94 valence electrons. The standard InChI is InChI=1S/C12H24N2O2/c1-12(2,3)10(13)11(15)14-6-5-9(7-14)8-16-4/h9-10H,5-8,13H2,1-4H3. The number of methoxy groups -OCH3 is 1. The predicted octanol–water partition coefficient (Wildman–Crippen LogP) is 0.855. The van der Waals surface area contributed by atoms with Gasteiger partial charge in [0.2, 0.25) is 5.91 Å². The number of nitrogens with two attached hydrogens (primary N) is 1. The van der Waals surface area contributed by atoms with Gasteiger partial charge in [0, 0.05) is 26.1 Å². The Morgan fingerprint density at radius 2 is 2.19 bits per heavy atom. The molecule has 0 aromatic rings. The Labute approximate surface area is 98.1 Å². The lowest BCUT2D eigenvalue weighted by Gasteiger charge is -2.29. The molecule has 0 radical (unpaired) electrons. The van der Waals surface area contributed by atoms with Crippen LogP contribution in [0.1, 0.15) is 27.2 Å². The second kappa shape index (κ2) is 5.15. The SMILES string of the molecule is COCC1CCN(C(=O)C(N)C(C)(C)C)C1. The summed E-state index contributed by atoms with van der Waals surface area (Å²) in [6.45, 7) is 8.33. The fourth-order valence-electron chi connectivity index (χ4n) is 1.97. The van der Waals surface area contributed by atoms with Crippen LogP contribution in [0.5, 0.6) is 0 Å². The van der Waals surface area contributed by atoms with Crippen molar-refractivity contribution in [2.24, 2.45) is 17.1 Å². The molecular formula is C12H24N2O2. The molecule has 0 aromatic carbocycles. The molecule has 0 spiro atoms. The molecule has 4 heteroatoms. The van der Waals surface area contributed by atoms with Crippen molar-refractivity contribution in [1.29, 1.82) is 0 Å². The molecule has 16 heavy (non-hydrogen) atoms. The van der Waals surface area contributed by atoms with Gasteiger partial charge in [0.05, 0.1) is 12.6 Å². The summed E-state index contributed by atoms with van der Waals surface area (Å²) in [6.07, 6.45) is 1.02. The minimum atomic E-state index is -0.409. The first-order valence-electron chi connectivity index (χ1n) is 5.89. The van der Waals surface area contributed by atoms with E-state index < -0.39 is 6.04 Å². The van der Waals surface area contributed by atoms with Gasteiger partial charge in [0.1, 0.15) is 0 Å². The molecule has 1 heterocycles. The van der Waals surface area contributed by atoms with Crippen LogP contribution in [-0.4, -0.2) is 43.7 Å². The van der Waals surface area contributed by atoms with E-state index in [-0.39, 0.29) is 11.3 Å². The number of hydrogen-bond donors (Lipinski definition) is 1. The maximum absolute atomic E-state index is 12.1. The Hall–Kier alpha value is -0.610. The van der Waals surface area contributed by atoms with Crippen LogP contribution in [0.2, 0.25) is 0 Å². The zero-order valence-electron chi connectivity index (χ0n) is 10.8. The molecule has 1 amide bonds. The number of carbonyl (C=O) groups is 1. The van der Waals surface area contributed by atoms with Gasteiger partial charge in [-0.2, -0.15) is 0 Å². The van der Waals surface area contributed by atoms with Gasteiger partial charge in [0.25, 0.3) is 0 Å². The Morgan fingerprint density at radius 1 is 1.56 bits per heavy atom. The van der Waals surface area contributed by atoms with E-state index in [9.17, 15) is 4.79 Å². The number of likely N-dealkylation sites (tertiary alicyclic amines) is 1. The van der Waals surface area contributed by atoms with Crippen molar-refractivity contribution in [2.75, 3.05) is 26.8 Å². The first-order valence-corrected chi connectivity index (χ1v) is 5.89. The van der Waals surface area contributed by atoms with Crippen LogP contribution in [-0.2, 0) is 9.53 Å². The largest absolute Gasteiger partial charge is 0.384 e. The van der Waals surface area contributed by atoms with Gasteiger partial charge in [-0.05, 0) is 11.8 Å². The molecule has 1 rings (SSSR count). The molecule has 0 saturated carbocycles. The molecule has 4 nitrogen and oxygen atoms in total. The summed E-state index contributed by atoms with van der Waals surface area (Å²) in [6, 6.07) is -0.409. The van der Waals surface area contributed by atoms with E-state index in [4.69, 9.17) is 10.5 Å². The van der Waals surface area contributed by atoms with E-state index in [1.165, 1.54) is 0 Å². The summed E-state index contributed by atoms with van der Waals surface area (Å²) in [5.74, 6) is 0.548. The van der Waals surface area contributed by atoms with E-state index in [1.54, 1.807) is 7.11 Å². The third-order valence-corrected chi connectivity index (χ3v) is 3.20. The topological polar surface area (TPSA) is 55.6 Å². The molecule has 1 aliphatic rings. The minimum absolute atomic E-state index is 0.0751. The summed E-state index contributed by atoms with van der Waals surface area (Å²) < 4.78 is 5.11. The van der Waals surface area contributed by atoms with E-state index in [0.29, 0.717) is 5.92 Å². The summed E-state index contributed by atoms with van der Waals surface area (Å²) in [5, 5.41) is 0. The van der Waals surface area contributed by atoms with Crippen molar-refractivity contribution in [3.63, 3.8) is 0 Å². The highest BCUT2D eigenvalue weighted by Gasteiger charge is 2.34. The minimum Gasteiger partial charge on any atom is -0.384 e. The monoisotopic (exact) mass is 228 g/mol. The molecule has 2 atom stereocenters. The first-order chi connectivity index (χ1) is 7.36. The lowest BCUT2D eigenvalue weighted by Crippen LogP contribution is -2.49. The lowest BCUT2D eigenvalue weighted by molar-refractivity contribution is -0.134. The van der Waals surface area contributed by atoms with Gasteiger partial charge < -0.3 is 15.4 Å². The molecular weight excluding hydrogens is 204 g/mol. The van der Waals surface area contributed by atoms with Gasteiger partial charge in [-0.15, -0.1) is 0 Å². The van der Waals surface area contributed by atoms with Crippen molar-refractivity contribution in [2.45, 2.75) is 33.2 Å². The van der Waals surface area contributed by atoms with Crippen LogP contribution in [0, 0.1) is 11.3 Å². The molecule has 2 N–H and O–H groups in total. The third-order valence-electron chi connectivity index (χ3n) is 3.20. The average Bonchev–Trinajstić information content (AvgIpc) is 2.63. The number of nitrogens with zero attached hydrogens (tertiary/aromatic N) is 1. The van der Waals surface area contributed by atoms with Crippen LogP contribution >= 0.6 is 0 Å². The second-order valence-electron chi connectivity index (χ2n) is 5.74. The summed E-state index contributed by atoms with van der Waals surface area (Å²) in [4.78, 5) is 14.0. The summed E-state index contributed by atoms with van der Waals surface area (Å²) >= 11 is 0. The third kappa shape index (κ3) is 3.19. The lowest BCUT2D eigenvalue weighted by atomic mass is 9.86. The van der Waals surface area contributed by atoms with Crippen LogP contribution in [0.3, 0.4) is 0 Å². The van der Waals surface area contributed by atoms with Crippen LogP contribution in [0.15, 0.2) is 0 Å². The first kappa shape index (κ1) is 13.5. The average molecular weight is 228 g/mol. The smallest absolute Gasteiger partial charge is 0.240 e. The zero-order chi connectivity index (χ0) is 12.3. The molecule has 1 saturated heterocycles. The summed E-state index contributed by atoms with van der Waals surface area (Å²) in [7, 11) is 1.70. The maximum Gasteiger partial charge on any atom is 0.240 e. The van der Waals surface area contributed by atoms with E-state index in [0.717, 1.165) is 26.1 Å². The highest BCUT2D eigenvalue weighted by molar-refractivity contribution is 5.82. The van der Waals surface area contributed by atoms with E-state index >= 15 is 0 Å². The fraction of sp³-hybridized carbons (Fsp3) is 0.917. The van der Waals surface area contributed by atoms with Crippen molar-refractivity contribution in [1.82, 2.24) is 4.90 Å². The molecule has 0 aliphatic carbocycles. The molecule has 1 fully saturated rings. The predicted molar refractivity (Wildman–Crippen MR) is 64.0 cm³/mol. The molecule has 0 aromatic heterocycles. The number of amides is 1. The van der Waals surface area contributed by atoms with Crippen molar-refractivity contribution < 1.29 is 9.53 Å². The number of hydrogen-bond acceptors (Lipinski definition) is 3. The fourth-order valence-corrected chi connectivity index (χ4v) is 1.97. The Kier molecular flexibility index (Phi) is 4.33. The van der Waals surface area contributed by atoms with Gasteiger partial charge in [-0.25, -0.2) is 0 Å². The second-order valence-corrected chi connectivity index (χ2v) is 5.74. The normalized spacial score (nSPS) is 23.6. The van der Waals surface area contributed by atoms with Crippen LogP contribution in [0.25, 0.3) is 0 Å². The zero-order valence-corrected chi connectivity index (χ0v) is 10.8. The molecule has 0 bridgehead atoms. The van der Waals surface area contributed by atoms with Gasteiger partial charge in [-0.1, -0.05) is 20.8 Å². The van der Waals surface area contributed by atoms with Gasteiger partial charge in [0.15, 0.2) is 0 Å². The maximum atomic E-state index is 12.1. The van der Waals surface area contributed by atoms with Gasteiger partial charge in [-0.3, -0.25) is 4.79 Å².